The Balaban J connectivity index is 1.82. The monoisotopic (exact) mass is 407 g/mol. The number of rotatable bonds is 1. The fraction of sp³-hybridized carbons (Fsp3) is 0.560. The molecule has 0 saturated heterocycles. The SMILES string of the molecule is CC(C)(C)CC1=C2C(N=N1)NC1=C(C(=O)CC(C)(C)C1)C21CCc2cccc(F)c21. The number of carbonyl (C=O) groups excluding carboxylic acids is 1. The summed E-state index contributed by atoms with van der Waals surface area (Å²) >= 11 is 0. The molecule has 2 aliphatic heterocycles. The summed E-state index contributed by atoms with van der Waals surface area (Å²) in [6.45, 7) is 10.8. The van der Waals surface area contributed by atoms with Gasteiger partial charge in [0, 0.05) is 28.8 Å². The summed E-state index contributed by atoms with van der Waals surface area (Å²) in [5, 5.41) is 12.7. The average molecular weight is 408 g/mol. The van der Waals surface area contributed by atoms with Crippen LogP contribution < -0.4 is 5.32 Å². The minimum atomic E-state index is -0.746. The number of Topliss-reactive ketones (excluding diaryl/α,β-unsaturated/α-hetero) is 1. The van der Waals surface area contributed by atoms with Crippen LogP contribution in [0.15, 0.2) is 51.0 Å². The minimum Gasteiger partial charge on any atom is -0.362 e. The number of fused-ring (bicyclic) bond motifs is 5. The number of hydrogen-bond acceptors (Lipinski definition) is 4. The summed E-state index contributed by atoms with van der Waals surface area (Å²) in [7, 11) is 0. The van der Waals surface area contributed by atoms with Crippen molar-refractivity contribution in [1.29, 1.82) is 0 Å². The Morgan fingerprint density at radius 2 is 2.00 bits per heavy atom. The Morgan fingerprint density at radius 1 is 1.23 bits per heavy atom. The van der Waals surface area contributed by atoms with E-state index in [0.29, 0.717) is 18.4 Å². The van der Waals surface area contributed by atoms with Gasteiger partial charge in [0.15, 0.2) is 11.9 Å². The van der Waals surface area contributed by atoms with Gasteiger partial charge in [-0.1, -0.05) is 46.8 Å². The van der Waals surface area contributed by atoms with Crippen molar-refractivity contribution in [3.8, 4) is 0 Å². The standard InChI is InChI=1S/C25H30FN3O/c1-23(2,3)11-17-21-22(29-28-17)27-16-12-24(4,5)13-18(30)20(16)25(21)10-9-14-7-6-8-15(26)19(14)25/h6-8,22,27H,9-13H2,1-5H3. The van der Waals surface area contributed by atoms with E-state index in [0.717, 1.165) is 47.4 Å². The zero-order valence-electron chi connectivity index (χ0n) is 18.5. The Hall–Kier alpha value is -2.30. The lowest BCUT2D eigenvalue weighted by Gasteiger charge is -2.47. The van der Waals surface area contributed by atoms with Gasteiger partial charge in [0.2, 0.25) is 0 Å². The molecule has 1 aromatic rings. The fourth-order valence-corrected chi connectivity index (χ4v) is 6.07. The van der Waals surface area contributed by atoms with E-state index >= 15 is 4.39 Å². The van der Waals surface area contributed by atoms with Crippen molar-refractivity contribution in [2.24, 2.45) is 21.1 Å². The van der Waals surface area contributed by atoms with Gasteiger partial charge in [0.1, 0.15) is 5.82 Å². The molecule has 2 atom stereocenters. The number of ketones is 1. The maximum atomic E-state index is 15.4. The van der Waals surface area contributed by atoms with Crippen molar-refractivity contribution < 1.29 is 9.18 Å². The molecule has 0 fully saturated rings. The van der Waals surface area contributed by atoms with E-state index in [1.165, 1.54) is 6.07 Å². The average Bonchev–Trinajstić information content (AvgIpc) is 3.16. The number of hydrogen-bond donors (Lipinski definition) is 1. The molecule has 2 unspecified atom stereocenters. The first-order valence-corrected chi connectivity index (χ1v) is 11.0. The molecular weight excluding hydrogens is 377 g/mol. The van der Waals surface area contributed by atoms with E-state index in [1.54, 1.807) is 6.07 Å². The first kappa shape index (κ1) is 19.7. The van der Waals surface area contributed by atoms with Crippen LogP contribution in [0.3, 0.4) is 0 Å². The molecule has 2 heterocycles. The van der Waals surface area contributed by atoms with E-state index < -0.39 is 5.41 Å². The van der Waals surface area contributed by atoms with Crippen LogP contribution in [0.25, 0.3) is 0 Å². The third-order valence-corrected chi connectivity index (χ3v) is 6.94. The molecular formula is C25H30FN3O. The summed E-state index contributed by atoms with van der Waals surface area (Å²) in [5.41, 5.74) is 4.48. The van der Waals surface area contributed by atoms with Crippen LogP contribution >= 0.6 is 0 Å². The molecule has 1 spiro atoms. The summed E-state index contributed by atoms with van der Waals surface area (Å²) in [6.07, 6.45) is 3.17. The largest absolute Gasteiger partial charge is 0.362 e. The maximum Gasteiger partial charge on any atom is 0.165 e. The lowest BCUT2D eigenvalue weighted by atomic mass is 9.59. The number of nitrogens with zero attached hydrogens (tertiary/aromatic N) is 2. The Labute approximate surface area is 177 Å². The second-order valence-electron chi connectivity index (χ2n) is 11.3. The molecule has 4 nitrogen and oxygen atoms in total. The van der Waals surface area contributed by atoms with Crippen molar-refractivity contribution in [3.63, 3.8) is 0 Å². The summed E-state index contributed by atoms with van der Waals surface area (Å²) in [4.78, 5) is 13.6. The molecule has 0 aromatic heterocycles. The number of azo groups is 1. The summed E-state index contributed by atoms with van der Waals surface area (Å²) in [6, 6.07) is 5.32. The Kier molecular flexibility index (Phi) is 4.01. The predicted octanol–water partition coefficient (Wildman–Crippen LogP) is 5.74. The number of carbonyl (C=O) groups is 1. The number of nitrogens with one attached hydrogen (secondary N) is 1. The quantitative estimate of drug-likeness (QED) is 0.645. The second kappa shape index (κ2) is 6.12. The zero-order valence-corrected chi connectivity index (χ0v) is 18.5. The molecule has 1 N–H and O–H groups in total. The van der Waals surface area contributed by atoms with E-state index in [-0.39, 0.29) is 28.6 Å². The topological polar surface area (TPSA) is 53.8 Å². The van der Waals surface area contributed by atoms with Crippen LogP contribution in [-0.2, 0) is 16.6 Å². The predicted molar refractivity (Wildman–Crippen MR) is 114 cm³/mol. The highest BCUT2D eigenvalue weighted by Gasteiger charge is 2.58. The Morgan fingerprint density at radius 3 is 2.73 bits per heavy atom. The van der Waals surface area contributed by atoms with Crippen LogP contribution in [0.1, 0.15) is 71.4 Å². The first-order valence-electron chi connectivity index (χ1n) is 11.0. The first-order chi connectivity index (χ1) is 14.0. The number of allylic oxidation sites excluding steroid dienone is 3. The van der Waals surface area contributed by atoms with Gasteiger partial charge in [-0.2, -0.15) is 10.2 Å². The smallest absolute Gasteiger partial charge is 0.165 e. The van der Waals surface area contributed by atoms with Crippen molar-refractivity contribution in [3.05, 3.63) is 57.7 Å². The highest BCUT2D eigenvalue weighted by molar-refractivity contribution is 6.02. The van der Waals surface area contributed by atoms with E-state index in [2.05, 4.69) is 50.2 Å². The number of benzene rings is 1. The van der Waals surface area contributed by atoms with Crippen molar-refractivity contribution >= 4 is 5.78 Å². The van der Waals surface area contributed by atoms with Gasteiger partial charge in [0.05, 0.1) is 11.1 Å². The molecule has 0 saturated carbocycles. The lowest BCUT2D eigenvalue weighted by molar-refractivity contribution is -0.119. The van der Waals surface area contributed by atoms with Crippen LogP contribution in [0.2, 0.25) is 0 Å². The highest BCUT2D eigenvalue weighted by Crippen LogP contribution is 2.59. The molecule has 0 bridgehead atoms. The van der Waals surface area contributed by atoms with Crippen LogP contribution in [-0.4, -0.2) is 11.9 Å². The molecule has 5 heteroatoms. The highest BCUT2D eigenvalue weighted by atomic mass is 19.1. The maximum absolute atomic E-state index is 15.4. The van der Waals surface area contributed by atoms with Crippen LogP contribution in [0.4, 0.5) is 4.39 Å². The molecule has 2 aliphatic carbocycles. The van der Waals surface area contributed by atoms with Gasteiger partial charge in [0.25, 0.3) is 0 Å². The molecule has 30 heavy (non-hydrogen) atoms. The molecule has 0 radical (unpaired) electrons. The molecule has 1 aromatic carbocycles. The Bertz CT molecular complexity index is 1060. The van der Waals surface area contributed by atoms with Crippen molar-refractivity contribution in [2.45, 2.75) is 78.3 Å². The van der Waals surface area contributed by atoms with E-state index in [1.807, 2.05) is 6.07 Å². The normalized spacial score (nSPS) is 29.3. The van der Waals surface area contributed by atoms with Crippen molar-refractivity contribution in [1.82, 2.24) is 5.32 Å². The van der Waals surface area contributed by atoms with Gasteiger partial charge < -0.3 is 5.32 Å². The van der Waals surface area contributed by atoms with Gasteiger partial charge >= 0.3 is 0 Å². The minimum absolute atomic E-state index is 0.0152. The molecule has 0 amide bonds. The van der Waals surface area contributed by atoms with E-state index in [9.17, 15) is 4.79 Å². The summed E-state index contributed by atoms with van der Waals surface area (Å²) < 4.78 is 15.4. The summed E-state index contributed by atoms with van der Waals surface area (Å²) in [5.74, 6) is -0.0811. The number of aryl methyl sites for hydroxylation is 1. The second-order valence-corrected chi connectivity index (χ2v) is 11.3. The molecule has 158 valence electrons. The van der Waals surface area contributed by atoms with E-state index in [4.69, 9.17) is 0 Å². The van der Waals surface area contributed by atoms with Gasteiger partial charge in [-0.3, -0.25) is 4.79 Å². The van der Waals surface area contributed by atoms with Crippen molar-refractivity contribution in [2.75, 3.05) is 0 Å². The zero-order chi connectivity index (χ0) is 21.5. The third kappa shape index (κ3) is 2.74. The number of halogens is 1. The molecule has 5 rings (SSSR count). The fourth-order valence-electron chi connectivity index (χ4n) is 6.07. The molecule has 4 aliphatic rings. The lowest BCUT2D eigenvalue weighted by Crippen LogP contribution is -2.51. The van der Waals surface area contributed by atoms with Gasteiger partial charge in [-0.05, 0) is 48.1 Å². The van der Waals surface area contributed by atoms with Crippen LogP contribution in [0.5, 0.6) is 0 Å². The van der Waals surface area contributed by atoms with Gasteiger partial charge in [-0.25, -0.2) is 4.39 Å². The van der Waals surface area contributed by atoms with Crippen LogP contribution in [0, 0.1) is 16.6 Å². The third-order valence-electron chi connectivity index (χ3n) is 6.94. The van der Waals surface area contributed by atoms with Gasteiger partial charge in [-0.15, -0.1) is 0 Å².